The number of nitrogens with two attached hydrogens (primary N) is 1. The third-order valence-electron chi connectivity index (χ3n) is 4.39. The number of halogens is 4. The van der Waals surface area contributed by atoms with E-state index in [1.807, 2.05) is 0 Å². The summed E-state index contributed by atoms with van der Waals surface area (Å²) in [5.41, 5.74) is 6.00. The molecule has 146 valence electrons. The molecule has 0 atom stereocenters. The molecule has 4 rings (SSSR count). The van der Waals surface area contributed by atoms with Gasteiger partial charge in [0.2, 0.25) is 5.78 Å². The molecule has 2 aromatic carbocycles. The molecule has 2 N–H and O–H groups in total. The van der Waals surface area contributed by atoms with E-state index in [-0.39, 0.29) is 26.5 Å². The SMILES string of the molecule is Nc1c(C(=O)c2ccc(Br)cc2)sc2nc(-c3ccccc3)cc(C(F)(F)F)c12. The van der Waals surface area contributed by atoms with Crippen LogP contribution in [0.2, 0.25) is 0 Å². The number of anilines is 1. The van der Waals surface area contributed by atoms with Crippen molar-refractivity contribution in [2.24, 2.45) is 0 Å². The number of aromatic nitrogens is 1. The molecular weight excluding hydrogens is 465 g/mol. The Hall–Kier alpha value is -2.71. The molecule has 4 aromatic rings. The van der Waals surface area contributed by atoms with Crippen LogP contribution in [-0.2, 0) is 6.18 Å². The van der Waals surface area contributed by atoms with E-state index < -0.39 is 17.5 Å². The topological polar surface area (TPSA) is 56.0 Å². The van der Waals surface area contributed by atoms with Gasteiger partial charge in [-0.25, -0.2) is 4.98 Å². The number of thiophene rings is 1. The molecule has 0 amide bonds. The number of fused-ring (bicyclic) bond motifs is 1. The van der Waals surface area contributed by atoms with Crippen LogP contribution in [0.25, 0.3) is 21.5 Å². The van der Waals surface area contributed by atoms with Gasteiger partial charge >= 0.3 is 6.18 Å². The minimum atomic E-state index is -4.64. The smallest absolute Gasteiger partial charge is 0.397 e. The fraction of sp³-hybridized carbons (Fsp3) is 0.0476. The molecule has 0 unspecified atom stereocenters. The Balaban J connectivity index is 1.94. The van der Waals surface area contributed by atoms with Crippen molar-refractivity contribution in [1.82, 2.24) is 4.98 Å². The Bertz CT molecular complexity index is 1220. The first-order valence-electron chi connectivity index (χ1n) is 8.41. The zero-order chi connectivity index (χ0) is 20.8. The van der Waals surface area contributed by atoms with Gasteiger partial charge in [-0.15, -0.1) is 11.3 Å². The molecule has 29 heavy (non-hydrogen) atoms. The molecule has 3 nitrogen and oxygen atoms in total. The van der Waals surface area contributed by atoms with Crippen molar-refractivity contribution >= 4 is 49.0 Å². The van der Waals surface area contributed by atoms with Crippen molar-refractivity contribution in [3.8, 4) is 11.3 Å². The molecule has 0 saturated carbocycles. The highest BCUT2D eigenvalue weighted by atomic mass is 79.9. The van der Waals surface area contributed by atoms with Crippen LogP contribution in [0.3, 0.4) is 0 Å². The fourth-order valence-electron chi connectivity index (χ4n) is 3.00. The highest BCUT2D eigenvalue weighted by Crippen LogP contribution is 2.44. The number of nitrogen functional groups attached to an aromatic ring is 1. The summed E-state index contributed by atoms with van der Waals surface area (Å²) in [5, 5.41) is -0.234. The summed E-state index contributed by atoms with van der Waals surface area (Å²) >= 11 is 4.16. The largest absolute Gasteiger partial charge is 0.417 e. The number of hydrogen-bond acceptors (Lipinski definition) is 4. The Morgan fingerprint density at radius 3 is 2.31 bits per heavy atom. The maximum absolute atomic E-state index is 13.8. The number of pyridine rings is 1. The summed E-state index contributed by atoms with van der Waals surface area (Å²) in [4.78, 5) is 17.4. The molecule has 0 saturated heterocycles. The van der Waals surface area contributed by atoms with Crippen molar-refractivity contribution in [3.63, 3.8) is 0 Å². The minimum Gasteiger partial charge on any atom is -0.397 e. The number of carbonyl (C=O) groups excluding carboxylic acids is 1. The number of carbonyl (C=O) groups is 1. The Kier molecular flexibility index (Phi) is 4.92. The second-order valence-electron chi connectivity index (χ2n) is 6.28. The van der Waals surface area contributed by atoms with Gasteiger partial charge in [-0.05, 0) is 30.3 Å². The molecule has 0 spiro atoms. The molecule has 2 heterocycles. The average molecular weight is 477 g/mol. The van der Waals surface area contributed by atoms with E-state index in [4.69, 9.17) is 5.73 Å². The molecule has 0 bridgehead atoms. The summed E-state index contributed by atoms with van der Waals surface area (Å²) in [6.07, 6.45) is -4.64. The second-order valence-corrected chi connectivity index (χ2v) is 8.19. The zero-order valence-electron chi connectivity index (χ0n) is 14.6. The van der Waals surface area contributed by atoms with E-state index in [2.05, 4.69) is 20.9 Å². The molecule has 8 heteroatoms. The standard InChI is InChI=1S/C21H12BrF3N2OS/c22-13-8-6-12(7-9-13)18(28)19-17(26)16-14(21(23,24)25)10-15(27-20(16)29-19)11-4-2-1-3-5-11/h1-10H,26H2. The molecule has 0 aliphatic carbocycles. The molecule has 0 fully saturated rings. The Morgan fingerprint density at radius 1 is 1.03 bits per heavy atom. The lowest BCUT2D eigenvalue weighted by Crippen LogP contribution is -2.08. The highest BCUT2D eigenvalue weighted by Gasteiger charge is 2.36. The van der Waals surface area contributed by atoms with Crippen LogP contribution in [0.4, 0.5) is 18.9 Å². The second kappa shape index (κ2) is 7.27. The number of benzene rings is 2. The van der Waals surface area contributed by atoms with Gasteiger partial charge in [0.25, 0.3) is 0 Å². The third-order valence-corrected chi connectivity index (χ3v) is 6.01. The number of hydrogen-bond donors (Lipinski definition) is 1. The maximum atomic E-state index is 13.8. The van der Waals surface area contributed by atoms with Crippen LogP contribution in [-0.4, -0.2) is 10.8 Å². The number of alkyl halides is 3. The summed E-state index contributed by atoms with van der Waals surface area (Å²) in [6, 6.07) is 16.1. The molecule has 2 aromatic heterocycles. The number of rotatable bonds is 3. The lowest BCUT2D eigenvalue weighted by molar-refractivity contribution is -0.136. The van der Waals surface area contributed by atoms with Crippen LogP contribution in [0.5, 0.6) is 0 Å². The lowest BCUT2D eigenvalue weighted by atomic mass is 10.0. The van der Waals surface area contributed by atoms with Gasteiger partial charge in [0, 0.05) is 21.0 Å². The van der Waals surface area contributed by atoms with E-state index in [0.717, 1.165) is 21.9 Å². The van der Waals surface area contributed by atoms with Crippen molar-refractivity contribution in [2.45, 2.75) is 6.18 Å². The lowest BCUT2D eigenvalue weighted by Gasteiger charge is -2.11. The van der Waals surface area contributed by atoms with Gasteiger partial charge < -0.3 is 5.73 Å². The van der Waals surface area contributed by atoms with Crippen LogP contribution in [0.1, 0.15) is 20.8 Å². The van der Waals surface area contributed by atoms with E-state index in [1.165, 1.54) is 0 Å². The van der Waals surface area contributed by atoms with E-state index in [1.54, 1.807) is 54.6 Å². The summed E-state index contributed by atoms with van der Waals surface area (Å²) in [6.45, 7) is 0. The summed E-state index contributed by atoms with van der Waals surface area (Å²) in [5.74, 6) is -0.438. The first-order valence-corrected chi connectivity index (χ1v) is 10.0. The van der Waals surface area contributed by atoms with Gasteiger partial charge in [-0.1, -0.05) is 46.3 Å². The molecule has 0 aliphatic heterocycles. The Morgan fingerprint density at radius 2 is 1.69 bits per heavy atom. The number of ketones is 1. The fourth-order valence-corrected chi connectivity index (χ4v) is 4.35. The van der Waals surface area contributed by atoms with Crippen LogP contribution < -0.4 is 5.73 Å². The van der Waals surface area contributed by atoms with E-state index in [0.29, 0.717) is 11.1 Å². The van der Waals surface area contributed by atoms with Gasteiger partial charge in [0.15, 0.2) is 0 Å². The minimum absolute atomic E-state index is 0.0468. The first kappa shape index (κ1) is 19.6. The van der Waals surface area contributed by atoms with Gasteiger partial charge in [0.1, 0.15) is 9.71 Å². The van der Waals surface area contributed by atoms with Crippen LogP contribution in [0, 0.1) is 0 Å². The van der Waals surface area contributed by atoms with Crippen molar-refractivity contribution < 1.29 is 18.0 Å². The number of nitrogens with zero attached hydrogens (tertiary/aromatic N) is 1. The monoisotopic (exact) mass is 476 g/mol. The summed E-state index contributed by atoms with van der Waals surface area (Å²) in [7, 11) is 0. The zero-order valence-corrected chi connectivity index (χ0v) is 17.0. The highest BCUT2D eigenvalue weighted by molar-refractivity contribution is 9.10. The van der Waals surface area contributed by atoms with Crippen molar-refractivity contribution in [1.29, 1.82) is 0 Å². The third kappa shape index (κ3) is 3.65. The van der Waals surface area contributed by atoms with E-state index >= 15 is 0 Å². The predicted octanol–water partition coefficient (Wildman–Crippen LogP) is 6.56. The predicted molar refractivity (Wildman–Crippen MR) is 112 cm³/mol. The van der Waals surface area contributed by atoms with Gasteiger partial charge in [0.05, 0.1) is 16.9 Å². The van der Waals surface area contributed by atoms with Crippen molar-refractivity contribution in [3.05, 3.63) is 81.1 Å². The average Bonchev–Trinajstić information content (AvgIpc) is 3.04. The first-order chi connectivity index (χ1) is 13.8. The maximum Gasteiger partial charge on any atom is 0.417 e. The molecule has 0 radical (unpaired) electrons. The normalized spacial score (nSPS) is 11.7. The Labute approximate surface area is 176 Å². The van der Waals surface area contributed by atoms with Gasteiger partial charge in [-0.3, -0.25) is 4.79 Å². The van der Waals surface area contributed by atoms with Crippen LogP contribution in [0.15, 0.2) is 65.1 Å². The molecular formula is C21H12BrF3N2OS. The quantitative estimate of drug-likeness (QED) is 0.340. The van der Waals surface area contributed by atoms with Crippen LogP contribution >= 0.6 is 27.3 Å². The van der Waals surface area contributed by atoms with Gasteiger partial charge in [-0.2, -0.15) is 13.2 Å². The molecule has 0 aliphatic rings. The van der Waals surface area contributed by atoms with Crippen molar-refractivity contribution in [2.75, 3.05) is 5.73 Å². The van der Waals surface area contributed by atoms with E-state index in [9.17, 15) is 18.0 Å². The summed E-state index contributed by atoms with van der Waals surface area (Å²) < 4.78 is 42.2.